The normalized spacial score (nSPS) is 15.5. The van der Waals surface area contributed by atoms with Gasteiger partial charge in [0.05, 0.1) is 29.7 Å². The highest BCUT2D eigenvalue weighted by atomic mass is 19.4. The van der Waals surface area contributed by atoms with Crippen molar-refractivity contribution in [1.29, 1.82) is 0 Å². The number of hydrogen-bond acceptors (Lipinski definition) is 5. The molecule has 3 aromatic rings. The number of aromatic amines is 1. The summed E-state index contributed by atoms with van der Waals surface area (Å²) in [6.07, 6.45) is -4.62. The van der Waals surface area contributed by atoms with Crippen LogP contribution in [-0.2, 0) is 10.9 Å². The topological polar surface area (TPSA) is 87.3 Å². The minimum Gasteiger partial charge on any atom is -0.379 e. The molecule has 0 radical (unpaired) electrons. The number of halogens is 3. The van der Waals surface area contributed by atoms with Crippen molar-refractivity contribution >= 4 is 22.5 Å². The summed E-state index contributed by atoms with van der Waals surface area (Å²) in [4.78, 5) is 33.1. The van der Waals surface area contributed by atoms with E-state index < -0.39 is 23.3 Å². The van der Waals surface area contributed by atoms with E-state index in [1.807, 2.05) is 0 Å². The Labute approximate surface area is 187 Å². The quantitative estimate of drug-likeness (QED) is 0.617. The molecule has 4 rings (SSSR count). The molecule has 1 aliphatic rings. The zero-order chi connectivity index (χ0) is 23.8. The number of benzene rings is 2. The molecular weight excluding hydrogens is 437 g/mol. The molecule has 174 valence electrons. The molecule has 7 nitrogen and oxygen atoms in total. The van der Waals surface area contributed by atoms with E-state index in [2.05, 4.69) is 15.3 Å². The van der Waals surface area contributed by atoms with Crippen molar-refractivity contribution in [3.05, 3.63) is 69.3 Å². The second-order valence-electron chi connectivity index (χ2n) is 7.95. The van der Waals surface area contributed by atoms with E-state index in [9.17, 15) is 22.8 Å². The number of carbonyl (C=O) groups is 1. The Balaban J connectivity index is 1.61. The molecular formula is C23H23F3N4O3. The monoisotopic (exact) mass is 460 g/mol. The summed E-state index contributed by atoms with van der Waals surface area (Å²) < 4.78 is 46.7. The Morgan fingerprint density at radius 1 is 1.18 bits per heavy atom. The predicted molar refractivity (Wildman–Crippen MR) is 117 cm³/mol. The molecule has 1 atom stereocenters. The standard InChI is InChI=1S/C23H23F3N4O3/c1-13(27-16-5-3-15(4-6-16)22(32)30-7-9-33-10-8-30)17-11-18-20(12-19(17)23(24,25)26)28-14(2)29-21(18)31/h3-6,11-13,27H,7-10H2,1-2H3,(H,28,29,31)/t13-/m0/s1. The lowest BCUT2D eigenvalue weighted by Crippen LogP contribution is -2.40. The van der Waals surface area contributed by atoms with Gasteiger partial charge >= 0.3 is 6.18 Å². The summed E-state index contributed by atoms with van der Waals surface area (Å²) in [7, 11) is 0. The molecule has 1 fully saturated rings. The van der Waals surface area contributed by atoms with Gasteiger partial charge in [0.2, 0.25) is 0 Å². The Morgan fingerprint density at radius 2 is 1.85 bits per heavy atom. The van der Waals surface area contributed by atoms with Gasteiger partial charge in [0.15, 0.2) is 0 Å². The lowest BCUT2D eigenvalue weighted by atomic mass is 9.98. The van der Waals surface area contributed by atoms with Crippen LogP contribution in [-0.4, -0.2) is 47.1 Å². The molecule has 0 aliphatic carbocycles. The third-order valence-electron chi connectivity index (χ3n) is 5.58. The van der Waals surface area contributed by atoms with Crippen LogP contribution in [0.2, 0.25) is 0 Å². The number of ether oxygens (including phenoxy) is 1. The summed E-state index contributed by atoms with van der Waals surface area (Å²) in [5, 5.41) is 3.12. The van der Waals surface area contributed by atoms with E-state index >= 15 is 0 Å². The first-order valence-electron chi connectivity index (χ1n) is 10.5. The molecule has 1 amide bonds. The largest absolute Gasteiger partial charge is 0.416 e. The number of aryl methyl sites for hydroxylation is 1. The van der Waals surface area contributed by atoms with Gasteiger partial charge < -0.3 is 19.9 Å². The van der Waals surface area contributed by atoms with Gasteiger partial charge in [-0.05, 0) is 55.8 Å². The number of morpholine rings is 1. The number of alkyl halides is 3. The predicted octanol–water partition coefficient (Wildman–Crippen LogP) is 3.90. The first-order valence-corrected chi connectivity index (χ1v) is 10.5. The number of rotatable bonds is 4. The van der Waals surface area contributed by atoms with Crippen molar-refractivity contribution in [1.82, 2.24) is 14.9 Å². The number of amides is 1. The average molecular weight is 460 g/mol. The first-order chi connectivity index (χ1) is 15.6. The Morgan fingerprint density at radius 3 is 2.48 bits per heavy atom. The maximum atomic E-state index is 13.8. The molecule has 2 heterocycles. The van der Waals surface area contributed by atoms with Crippen LogP contribution in [0.5, 0.6) is 0 Å². The lowest BCUT2D eigenvalue weighted by Gasteiger charge is -2.27. The number of H-pyrrole nitrogens is 1. The van der Waals surface area contributed by atoms with Gasteiger partial charge in [0.25, 0.3) is 11.5 Å². The fourth-order valence-corrected chi connectivity index (χ4v) is 3.91. The highest BCUT2D eigenvalue weighted by molar-refractivity contribution is 5.94. The van der Waals surface area contributed by atoms with E-state index in [4.69, 9.17) is 4.74 Å². The maximum absolute atomic E-state index is 13.8. The van der Waals surface area contributed by atoms with Crippen molar-refractivity contribution in [3.63, 3.8) is 0 Å². The molecule has 2 N–H and O–H groups in total. The van der Waals surface area contributed by atoms with Crippen molar-refractivity contribution in [2.75, 3.05) is 31.6 Å². The maximum Gasteiger partial charge on any atom is 0.416 e. The van der Waals surface area contributed by atoms with Crippen molar-refractivity contribution in [3.8, 4) is 0 Å². The van der Waals surface area contributed by atoms with Gasteiger partial charge in [-0.2, -0.15) is 13.2 Å². The van der Waals surface area contributed by atoms with Crippen LogP contribution in [0, 0.1) is 6.92 Å². The molecule has 0 bridgehead atoms. The summed E-state index contributed by atoms with van der Waals surface area (Å²) in [5.74, 6) is 0.125. The fourth-order valence-electron chi connectivity index (χ4n) is 3.91. The number of carbonyl (C=O) groups excluding carboxylic acids is 1. The molecule has 0 saturated carbocycles. The zero-order valence-electron chi connectivity index (χ0n) is 18.1. The number of aromatic nitrogens is 2. The molecule has 33 heavy (non-hydrogen) atoms. The second kappa shape index (κ2) is 8.86. The minimum atomic E-state index is -4.62. The van der Waals surface area contributed by atoms with E-state index in [-0.39, 0.29) is 28.2 Å². The number of anilines is 1. The van der Waals surface area contributed by atoms with Gasteiger partial charge in [-0.3, -0.25) is 9.59 Å². The SMILES string of the molecule is Cc1nc2cc(C(F)(F)F)c([C@H](C)Nc3ccc(C(=O)N4CCOCC4)cc3)cc2c(=O)[nH]1. The summed E-state index contributed by atoms with van der Waals surface area (Å²) in [6.45, 7) is 5.12. The van der Waals surface area contributed by atoms with Gasteiger partial charge in [-0.15, -0.1) is 0 Å². The number of fused-ring (bicyclic) bond motifs is 1. The van der Waals surface area contributed by atoms with Gasteiger partial charge in [0, 0.05) is 30.4 Å². The van der Waals surface area contributed by atoms with Crippen LogP contribution in [0.1, 0.15) is 40.3 Å². The van der Waals surface area contributed by atoms with Gasteiger partial charge in [0.1, 0.15) is 5.82 Å². The number of nitrogens with zero attached hydrogens (tertiary/aromatic N) is 2. The van der Waals surface area contributed by atoms with Crippen molar-refractivity contribution < 1.29 is 22.7 Å². The van der Waals surface area contributed by atoms with Crippen LogP contribution >= 0.6 is 0 Å². The van der Waals surface area contributed by atoms with Crippen molar-refractivity contribution in [2.24, 2.45) is 0 Å². The highest BCUT2D eigenvalue weighted by Crippen LogP contribution is 2.37. The third kappa shape index (κ3) is 4.85. The van der Waals surface area contributed by atoms with Crippen LogP contribution in [0.3, 0.4) is 0 Å². The highest BCUT2D eigenvalue weighted by Gasteiger charge is 2.35. The first kappa shape index (κ1) is 22.8. The number of hydrogen-bond donors (Lipinski definition) is 2. The molecule has 1 aromatic heterocycles. The zero-order valence-corrected chi connectivity index (χ0v) is 18.1. The van der Waals surface area contributed by atoms with Crippen LogP contribution in [0.4, 0.5) is 18.9 Å². The third-order valence-corrected chi connectivity index (χ3v) is 5.58. The summed E-state index contributed by atoms with van der Waals surface area (Å²) in [5.41, 5.74) is -0.391. The molecule has 0 unspecified atom stereocenters. The Bertz CT molecular complexity index is 1230. The fraction of sp³-hybridized carbons (Fsp3) is 0.348. The van der Waals surface area contributed by atoms with Crippen molar-refractivity contribution in [2.45, 2.75) is 26.1 Å². The minimum absolute atomic E-state index is 0.00879. The molecule has 1 aliphatic heterocycles. The average Bonchev–Trinajstić information content (AvgIpc) is 2.78. The van der Waals surface area contributed by atoms with E-state index in [0.29, 0.717) is 37.6 Å². The molecule has 2 aromatic carbocycles. The molecule has 1 saturated heterocycles. The van der Waals surface area contributed by atoms with Crippen LogP contribution in [0.25, 0.3) is 10.9 Å². The lowest BCUT2D eigenvalue weighted by molar-refractivity contribution is -0.138. The summed E-state index contributed by atoms with van der Waals surface area (Å²) >= 11 is 0. The second-order valence-corrected chi connectivity index (χ2v) is 7.95. The Hall–Kier alpha value is -3.40. The number of nitrogens with one attached hydrogen (secondary N) is 2. The Kier molecular flexibility index (Phi) is 6.11. The van der Waals surface area contributed by atoms with Crippen LogP contribution in [0.15, 0.2) is 41.2 Å². The van der Waals surface area contributed by atoms with E-state index in [1.165, 1.54) is 13.0 Å². The van der Waals surface area contributed by atoms with E-state index in [1.54, 1.807) is 36.1 Å². The van der Waals surface area contributed by atoms with E-state index in [0.717, 1.165) is 6.07 Å². The summed E-state index contributed by atoms with van der Waals surface area (Å²) in [6, 6.07) is 7.94. The van der Waals surface area contributed by atoms with Gasteiger partial charge in [-0.25, -0.2) is 4.98 Å². The smallest absolute Gasteiger partial charge is 0.379 e. The van der Waals surface area contributed by atoms with Gasteiger partial charge in [-0.1, -0.05) is 0 Å². The van der Waals surface area contributed by atoms with Crippen LogP contribution < -0.4 is 10.9 Å². The molecule has 10 heteroatoms. The molecule has 0 spiro atoms.